The first-order chi connectivity index (χ1) is 16.6. The average molecular weight is 463 g/mol. The number of aryl methyl sites for hydroxylation is 1. The van der Waals surface area contributed by atoms with Crippen LogP contribution in [0.15, 0.2) is 54.9 Å². The number of fused-ring (bicyclic) bond motifs is 3. The molecule has 1 aromatic heterocycles. The largest absolute Gasteiger partial charge is 0.454 e. The van der Waals surface area contributed by atoms with E-state index in [-0.39, 0.29) is 12.1 Å². The summed E-state index contributed by atoms with van der Waals surface area (Å²) in [6, 6.07) is 14.5. The topological polar surface area (TPSA) is 42.4 Å². The minimum Gasteiger partial charge on any atom is -0.454 e. The fraction of sp³-hybridized carbons (Fsp3) is 0.586. The van der Waals surface area contributed by atoms with Crippen molar-refractivity contribution in [3.8, 4) is 0 Å². The zero-order valence-electron chi connectivity index (χ0n) is 20.7. The maximum atomic E-state index is 13.9. The van der Waals surface area contributed by atoms with Gasteiger partial charge in [0.05, 0.1) is 19.6 Å². The molecule has 0 amide bonds. The summed E-state index contributed by atoms with van der Waals surface area (Å²) in [6.45, 7) is 8.62. The molecule has 1 aromatic carbocycles. The van der Waals surface area contributed by atoms with Gasteiger partial charge in [0.1, 0.15) is 12.1 Å². The smallest absolute Gasteiger partial charge is 0.331 e. The Morgan fingerprint density at radius 2 is 1.85 bits per heavy atom. The Morgan fingerprint density at radius 3 is 2.56 bits per heavy atom. The minimum atomic E-state index is -0.709. The van der Waals surface area contributed by atoms with E-state index in [4.69, 9.17) is 4.74 Å². The lowest BCUT2D eigenvalue weighted by Crippen LogP contribution is -2.65. The molecule has 0 aliphatic carbocycles. The van der Waals surface area contributed by atoms with E-state index in [1.165, 1.54) is 37.9 Å². The molecule has 2 bridgehead atoms. The van der Waals surface area contributed by atoms with Gasteiger partial charge in [-0.3, -0.25) is 9.88 Å². The van der Waals surface area contributed by atoms with Gasteiger partial charge >= 0.3 is 5.97 Å². The number of likely N-dealkylation sites (tertiary alicyclic amines) is 1. The molecule has 182 valence electrons. The molecule has 5 nitrogen and oxygen atoms in total. The van der Waals surface area contributed by atoms with Crippen molar-refractivity contribution in [2.45, 2.75) is 63.5 Å². The number of esters is 1. The minimum absolute atomic E-state index is 0.0428. The van der Waals surface area contributed by atoms with Gasteiger partial charge in [-0.05, 0) is 56.5 Å². The van der Waals surface area contributed by atoms with Gasteiger partial charge in [0, 0.05) is 37.6 Å². The summed E-state index contributed by atoms with van der Waals surface area (Å²) in [6.07, 6.45) is 12.0. The Morgan fingerprint density at radius 1 is 1.09 bits per heavy atom. The van der Waals surface area contributed by atoms with Crippen LogP contribution in [0.4, 0.5) is 0 Å². The molecule has 5 heteroatoms. The third kappa shape index (κ3) is 4.78. The number of carbonyl (C=O) groups excluding carboxylic acids is 1. The number of piperidine rings is 4. The van der Waals surface area contributed by atoms with Crippen LogP contribution < -0.4 is 0 Å². The van der Waals surface area contributed by atoms with E-state index in [1.807, 2.05) is 36.7 Å². The number of hydrogen-bond acceptors (Lipinski definition) is 4. The summed E-state index contributed by atoms with van der Waals surface area (Å²) in [7, 11) is 0. The van der Waals surface area contributed by atoms with Crippen LogP contribution in [0.2, 0.25) is 0 Å². The van der Waals surface area contributed by atoms with E-state index < -0.39 is 5.54 Å². The number of rotatable bonds is 8. The van der Waals surface area contributed by atoms with Crippen molar-refractivity contribution in [1.29, 1.82) is 0 Å². The zero-order valence-corrected chi connectivity index (χ0v) is 20.7. The molecular formula is C29H40N3O2+. The van der Waals surface area contributed by atoms with Crippen molar-refractivity contribution >= 4 is 5.97 Å². The summed E-state index contributed by atoms with van der Waals surface area (Å²) in [5.74, 6) is 0.469. The standard InChI is InChI=1S/C29H40N3O2/c1-29(26-12-4-2-5-13-26,31-17-6-3-7-18-31)28(33)34-27-23-32(20-14-25(27)15-21-32)19-9-11-24-10-8-16-30-22-24/h2,4-5,8,10,12-13,16,22,25,27H,3,6-7,9,11,14-15,17-21,23H2,1H3/q+1/t25?,27-,29+,32?/m1/s1. The van der Waals surface area contributed by atoms with Gasteiger partial charge in [-0.25, -0.2) is 4.79 Å². The summed E-state index contributed by atoms with van der Waals surface area (Å²) in [5.41, 5.74) is 1.66. The van der Waals surface area contributed by atoms with Crippen LogP contribution in [0, 0.1) is 5.92 Å². The van der Waals surface area contributed by atoms with Crippen molar-refractivity contribution in [2.75, 3.05) is 39.3 Å². The molecule has 0 saturated carbocycles. The highest BCUT2D eigenvalue weighted by atomic mass is 16.5. The molecule has 4 aliphatic heterocycles. The number of aromatic nitrogens is 1. The van der Waals surface area contributed by atoms with Gasteiger partial charge in [0.2, 0.25) is 0 Å². The molecule has 2 aromatic rings. The SMILES string of the molecule is C[C@@](C(=O)O[C@@H]1C[N+]2(CCCc3cccnc3)CCC1CC2)(c1ccccc1)N1CCCCC1. The van der Waals surface area contributed by atoms with E-state index in [0.717, 1.165) is 61.9 Å². The first-order valence-corrected chi connectivity index (χ1v) is 13.3. The highest BCUT2D eigenvalue weighted by Gasteiger charge is 2.50. The Balaban J connectivity index is 1.28. The maximum Gasteiger partial charge on any atom is 0.331 e. The van der Waals surface area contributed by atoms with Crippen LogP contribution in [0.3, 0.4) is 0 Å². The maximum absolute atomic E-state index is 13.9. The van der Waals surface area contributed by atoms with Gasteiger partial charge in [0.25, 0.3) is 0 Å². The Bertz CT molecular complexity index is 936. The molecule has 5 heterocycles. The molecule has 0 radical (unpaired) electrons. The summed E-state index contributed by atoms with van der Waals surface area (Å²) >= 11 is 0. The van der Waals surface area contributed by atoms with Crippen molar-refractivity contribution in [3.05, 3.63) is 66.0 Å². The molecule has 4 saturated heterocycles. The number of hydrogen-bond donors (Lipinski definition) is 0. The predicted octanol–water partition coefficient (Wildman–Crippen LogP) is 4.57. The second-order valence-corrected chi connectivity index (χ2v) is 10.9. The first kappa shape index (κ1) is 23.5. The monoisotopic (exact) mass is 462 g/mol. The van der Waals surface area contributed by atoms with Gasteiger partial charge in [-0.1, -0.05) is 42.8 Å². The highest BCUT2D eigenvalue weighted by Crippen LogP contribution is 2.39. The average Bonchev–Trinajstić information content (AvgIpc) is 2.90. The summed E-state index contributed by atoms with van der Waals surface area (Å²) in [4.78, 5) is 20.6. The van der Waals surface area contributed by atoms with Gasteiger partial charge in [-0.2, -0.15) is 0 Å². The van der Waals surface area contributed by atoms with Crippen LogP contribution >= 0.6 is 0 Å². The quantitative estimate of drug-likeness (QED) is 0.426. The number of carbonyl (C=O) groups is 1. The fourth-order valence-electron chi connectivity index (χ4n) is 6.62. The number of benzene rings is 1. The lowest BCUT2D eigenvalue weighted by atomic mass is 9.82. The van der Waals surface area contributed by atoms with E-state index in [9.17, 15) is 4.79 Å². The lowest BCUT2D eigenvalue weighted by molar-refractivity contribution is -0.946. The molecule has 0 spiro atoms. The molecule has 4 aliphatic rings. The molecular weight excluding hydrogens is 422 g/mol. The van der Waals surface area contributed by atoms with Gasteiger partial charge in [0.15, 0.2) is 6.10 Å². The Kier molecular flexibility index (Phi) is 7.03. The number of ether oxygens (including phenoxy) is 1. The zero-order chi connectivity index (χ0) is 23.4. The third-order valence-corrected chi connectivity index (χ3v) is 8.84. The third-order valence-electron chi connectivity index (χ3n) is 8.84. The van der Waals surface area contributed by atoms with Gasteiger partial charge < -0.3 is 9.22 Å². The van der Waals surface area contributed by atoms with Crippen molar-refractivity contribution < 1.29 is 14.0 Å². The van der Waals surface area contributed by atoms with E-state index in [1.54, 1.807) is 0 Å². The number of quaternary nitrogens is 1. The van der Waals surface area contributed by atoms with Crippen LogP contribution in [0.1, 0.15) is 56.6 Å². The second-order valence-electron chi connectivity index (χ2n) is 10.9. The molecule has 34 heavy (non-hydrogen) atoms. The normalized spacial score (nSPS) is 28.9. The van der Waals surface area contributed by atoms with E-state index in [2.05, 4.69) is 35.0 Å². The molecule has 4 fully saturated rings. The van der Waals surface area contributed by atoms with Crippen LogP contribution in [-0.2, 0) is 21.5 Å². The molecule has 6 rings (SSSR count). The fourth-order valence-corrected chi connectivity index (χ4v) is 6.62. The first-order valence-electron chi connectivity index (χ1n) is 13.3. The summed E-state index contributed by atoms with van der Waals surface area (Å²) < 4.78 is 7.59. The van der Waals surface area contributed by atoms with Crippen LogP contribution in [-0.4, -0.2) is 65.7 Å². The Hall–Kier alpha value is -2.24. The molecule has 0 unspecified atom stereocenters. The number of pyridine rings is 1. The van der Waals surface area contributed by atoms with Crippen molar-refractivity contribution in [3.63, 3.8) is 0 Å². The van der Waals surface area contributed by atoms with Crippen LogP contribution in [0.5, 0.6) is 0 Å². The van der Waals surface area contributed by atoms with Crippen molar-refractivity contribution in [1.82, 2.24) is 9.88 Å². The van der Waals surface area contributed by atoms with E-state index >= 15 is 0 Å². The number of nitrogens with zero attached hydrogens (tertiary/aromatic N) is 3. The van der Waals surface area contributed by atoms with Crippen LogP contribution in [0.25, 0.3) is 0 Å². The lowest BCUT2D eigenvalue weighted by Gasteiger charge is -2.53. The van der Waals surface area contributed by atoms with Crippen molar-refractivity contribution in [2.24, 2.45) is 5.92 Å². The second kappa shape index (κ2) is 10.2. The highest BCUT2D eigenvalue weighted by molar-refractivity contribution is 5.82. The van der Waals surface area contributed by atoms with E-state index in [0.29, 0.717) is 5.92 Å². The predicted molar refractivity (Wildman–Crippen MR) is 134 cm³/mol. The molecule has 0 N–H and O–H groups in total. The molecule has 2 atom stereocenters. The summed E-state index contributed by atoms with van der Waals surface area (Å²) in [5, 5.41) is 0. The van der Waals surface area contributed by atoms with Gasteiger partial charge in [-0.15, -0.1) is 0 Å². The Labute approximate surface area is 204 Å².